The molecule has 20 heavy (non-hydrogen) atoms. The van der Waals surface area contributed by atoms with Gasteiger partial charge in [0.15, 0.2) is 0 Å². The van der Waals surface area contributed by atoms with Gasteiger partial charge in [-0.05, 0) is 6.07 Å². The summed E-state index contributed by atoms with van der Waals surface area (Å²) in [7, 11) is 3.10. The monoisotopic (exact) mass is 275 g/mol. The van der Waals surface area contributed by atoms with Crippen molar-refractivity contribution in [3.05, 3.63) is 62.9 Å². The number of rotatable bonds is 4. The molecule has 1 aromatic carbocycles. The Kier molecular flexibility index (Phi) is 4.05. The first-order chi connectivity index (χ1) is 9.54. The van der Waals surface area contributed by atoms with Crippen molar-refractivity contribution in [2.45, 2.75) is 12.6 Å². The summed E-state index contributed by atoms with van der Waals surface area (Å²) < 4.78 is 7.81. The molecule has 6 heteroatoms. The Hall–Kier alpha value is -2.34. The number of hydrogen-bond acceptors (Lipinski definition) is 4. The smallest absolute Gasteiger partial charge is 0.316 e. The van der Waals surface area contributed by atoms with Gasteiger partial charge in [-0.25, -0.2) is 0 Å². The minimum Gasteiger partial charge on any atom is -0.496 e. The third-order valence-electron chi connectivity index (χ3n) is 3.17. The number of ether oxygens (including phenoxy) is 1. The molecule has 0 saturated carbocycles. The lowest BCUT2D eigenvalue weighted by atomic mass is 10.1. The molecule has 1 heterocycles. The van der Waals surface area contributed by atoms with Crippen molar-refractivity contribution < 1.29 is 4.74 Å². The van der Waals surface area contributed by atoms with Crippen LogP contribution in [0.5, 0.6) is 5.75 Å². The van der Waals surface area contributed by atoms with Crippen molar-refractivity contribution >= 4 is 0 Å². The maximum absolute atomic E-state index is 11.9. The van der Waals surface area contributed by atoms with Gasteiger partial charge in [-0.2, -0.15) is 0 Å². The molecular weight excluding hydrogens is 258 g/mol. The van der Waals surface area contributed by atoms with E-state index in [1.54, 1.807) is 19.5 Å². The number of aryl methyl sites for hydroxylation is 1. The van der Waals surface area contributed by atoms with Crippen LogP contribution in [0.25, 0.3) is 0 Å². The van der Waals surface area contributed by atoms with E-state index in [9.17, 15) is 9.59 Å². The van der Waals surface area contributed by atoms with Gasteiger partial charge < -0.3 is 19.6 Å². The number of nitrogens with zero attached hydrogens (tertiary/aromatic N) is 2. The Morgan fingerprint density at radius 2 is 1.90 bits per heavy atom. The third-order valence-corrected chi connectivity index (χ3v) is 3.17. The van der Waals surface area contributed by atoms with E-state index in [-0.39, 0.29) is 6.54 Å². The van der Waals surface area contributed by atoms with E-state index >= 15 is 0 Å². The summed E-state index contributed by atoms with van der Waals surface area (Å²) in [5, 5.41) is 0. The van der Waals surface area contributed by atoms with Gasteiger partial charge in [0, 0.05) is 31.5 Å². The first-order valence-corrected chi connectivity index (χ1v) is 6.19. The minimum atomic E-state index is -0.583. The molecular formula is C14H17N3O3. The van der Waals surface area contributed by atoms with E-state index in [2.05, 4.69) is 0 Å². The number of benzene rings is 1. The Labute approximate surface area is 116 Å². The summed E-state index contributed by atoms with van der Waals surface area (Å²) in [5.41, 5.74) is 5.75. The Bertz CT molecular complexity index is 718. The van der Waals surface area contributed by atoms with Gasteiger partial charge in [-0.1, -0.05) is 18.2 Å². The lowest BCUT2D eigenvalue weighted by molar-refractivity contribution is 0.401. The molecule has 0 fully saturated rings. The van der Waals surface area contributed by atoms with Gasteiger partial charge in [0.1, 0.15) is 5.75 Å². The summed E-state index contributed by atoms with van der Waals surface area (Å²) in [6.45, 7) is 0.218. The second kappa shape index (κ2) is 5.75. The van der Waals surface area contributed by atoms with Gasteiger partial charge in [0.2, 0.25) is 0 Å². The van der Waals surface area contributed by atoms with Crippen molar-refractivity contribution in [1.82, 2.24) is 9.13 Å². The van der Waals surface area contributed by atoms with Crippen LogP contribution in [0.1, 0.15) is 11.6 Å². The number of para-hydroxylation sites is 1. The van der Waals surface area contributed by atoms with Gasteiger partial charge in [0.05, 0.1) is 13.2 Å². The highest BCUT2D eigenvalue weighted by molar-refractivity contribution is 5.35. The van der Waals surface area contributed by atoms with Crippen LogP contribution < -0.4 is 21.6 Å². The lowest BCUT2D eigenvalue weighted by Gasteiger charge is -2.16. The van der Waals surface area contributed by atoms with Gasteiger partial charge >= 0.3 is 11.1 Å². The normalized spacial score (nSPS) is 12.2. The van der Waals surface area contributed by atoms with Crippen LogP contribution in [0.3, 0.4) is 0 Å². The average molecular weight is 275 g/mol. The van der Waals surface area contributed by atoms with Crippen LogP contribution in [0.2, 0.25) is 0 Å². The van der Waals surface area contributed by atoms with E-state index in [1.807, 2.05) is 24.3 Å². The molecule has 1 unspecified atom stereocenters. The molecule has 2 aromatic rings. The zero-order valence-corrected chi connectivity index (χ0v) is 11.4. The number of nitrogens with two attached hydrogens (primary N) is 1. The van der Waals surface area contributed by atoms with Crippen LogP contribution in [0.15, 0.2) is 46.2 Å². The molecule has 1 atom stereocenters. The fraction of sp³-hybridized carbons (Fsp3) is 0.286. The molecule has 0 amide bonds. The minimum absolute atomic E-state index is 0.218. The number of hydrogen-bond donors (Lipinski definition) is 1. The highest BCUT2D eigenvalue weighted by Gasteiger charge is 2.13. The SMILES string of the molecule is COc1ccccc1C(N)Cn1ccn(C)c(=O)c1=O. The maximum atomic E-state index is 11.9. The lowest BCUT2D eigenvalue weighted by Crippen LogP contribution is -2.41. The van der Waals surface area contributed by atoms with E-state index in [0.717, 1.165) is 5.56 Å². The second-order valence-corrected chi connectivity index (χ2v) is 4.52. The molecule has 0 aliphatic rings. The first kappa shape index (κ1) is 14.1. The topological polar surface area (TPSA) is 79.2 Å². The van der Waals surface area contributed by atoms with E-state index in [0.29, 0.717) is 5.75 Å². The second-order valence-electron chi connectivity index (χ2n) is 4.52. The molecule has 2 rings (SSSR count). The number of aromatic nitrogens is 2. The highest BCUT2D eigenvalue weighted by Crippen LogP contribution is 2.23. The Balaban J connectivity index is 2.33. The van der Waals surface area contributed by atoms with Crippen molar-refractivity contribution in [3.8, 4) is 5.75 Å². The molecule has 6 nitrogen and oxygen atoms in total. The average Bonchev–Trinajstić information content (AvgIpc) is 2.47. The molecule has 0 saturated heterocycles. The molecule has 2 N–H and O–H groups in total. The molecule has 0 spiro atoms. The summed E-state index contributed by atoms with van der Waals surface area (Å²) in [4.78, 5) is 23.4. The van der Waals surface area contributed by atoms with Crippen molar-refractivity contribution in [1.29, 1.82) is 0 Å². The molecule has 0 bridgehead atoms. The summed E-state index contributed by atoms with van der Waals surface area (Å²) in [6, 6.07) is 6.91. The molecule has 106 valence electrons. The molecule has 0 radical (unpaired) electrons. The largest absolute Gasteiger partial charge is 0.496 e. The van der Waals surface area contributed by atoms with E-state index < -0.39 is 17.2 Å². The van der Waals surface area contributed by atoms with Crippen molar-refractivity contribution in [2.24, 2.45) is 12.8 Å². The van der Waals surface area contributed by atoms with Crippen LogP contribution in [-0.2, 0) is 13.6 Å². The van der Waals surface area contributed by atoms with Gasteiger partial charge in [-0.3, -0.25) is 9.59 Å². The zero-order chi connectivity index (χ0) is 14.7. The van der Waals surface area contributed by atoms with Crippen LogP contribution in [0.4, 0.5) is 0 Å². The molecule has 0 aliphatic heterocycles. The summed E-state index contributed by atoms with van der Waals surface area (Å²) >= 11 is 0. The van der Waals surface area contributed by atoms with Crippen LogP contribution in [-0.4, -0.2) is 16.2 Å². The maximum Gasteiger partial charge on any atom is 0.316 e. The van der Waals surface area contributed by atoms with E-state index in [4.69, 9.17) is 10.5 Å². The van der Waals surface area contributed by atoms with Crippen LogP contribution >= 0.6 is 0 Å². The fourth-order valence-electron chi connectivity index (χ4n) is 2.02. The zero-order valence-electron chi connectivity index (χ0n) is 11.4. The number of methoxy groups -OCH3 is 1. The standard InChI is InChI=1S/C14H17N3O3/c1-16-7-8-17(14(19)13(16)18)9-11(15)10-5-3-4-6-12(10)20-2/h3-8,11H,9,15H2,1-2H3. The summed E-state index contributed by atoms with van der Waals surface area (Å²) in [5.74, 6) is 0.664. The van der Waals surface area contributed by atoms with Gasteiger partial charge in [-0.15, -0.1) is 0 Å². The fourth-order valence-corrected chi connectivity index (χ4v) is 2.02. The van der Waals surface area contributed by atoms with Gasteiger partial charge in [0.25, 0.3) is 0 Å². The van der Waals surface area contributed by atoms with Crippen molar-refractivity contribution in [2.75, 3.05) is 7.11 Å². The highest BCUT2D eigenvalue weighted by atomic mass is 16.5. The molecule has 1 aromatic heterocycles. The van der Waals surface area contributed by atoms with Crippen molar-refractivity contribution in [3.63, 3.8) is 0 Å². The van der Waals surface area contributed by atoms with Crippen LogP contribution in [0, 0.1) is 0 Å². The van der Waals surface area contributed by atoms with E-state index in [1.165, 1.54) is 16.2 Å². The predicted octanol–water partition coefficient (Wildman–Crippen LogP) is 0.256. The quantitative estimate of drug-likeness (QED) is 0.812. The Morgan fingerprint density at radius 3 is 2.60 bits per heavy atom. The molecule has 0 aliphatic carbocycles. The Morgan fingerprint density at radius 1 is 1.20 bits per heavy atom. The first-order valence-electron chi connectivity index (χ1n) is 6.19. The predicted molar refractivity (Wildman–Crippen MR) is 75.9 cm³/mol. The summed E-state index contributed by atoms with van der Waals surface area (Å²) in [6.07, 6.45) is 3.09. The third kappa shape index (κ3) is 2.65.